The molecule has 2 rings (SSSR count). The Morgan fingerprint density at radius 1 is 1.25 bits per heavy atom. The molecule has 0 atom stereocenters. The minimum Gasteiger partial charge on any atom is -0.345 e. The molecule has 0 aromatic carbocycles. The summed E-state index contributed by atoms with van der Waals surface area (Å²) in [6.45, 7) is 1.96. The average Bonchev–Trinajstić information content (AvgIpc) is 2.56. The van der Waals surface area contributed by atoms with Gasteiger partial charge in [0.15, 0.2) is 0 Å². The molecule has 0 aliphatic carbocycles. The molecule has 2 aromatic rings. The molecule has 0 fully saturated rings. The summed E-state index contributed by atoms with van der Waals surface area (Å²) < 4.78 is 0. The first-order chi connectivity index (χ1) is 5.86. The van der Waals surface area contributed by atoms with E-state index in [-0.39, 0.29) is 0 Å². The van der Waals surface area contributed by atoms with Crippen LogP contribution in [-0.2, 0) is 0 Å². The first-order valence-corrected chi connectivity index (χ1v) is 3.78. The number of nitrogens with one attached hydrogen (secondary N) is 1. The molecule has 12 heavy (non-hydrogen) atoms. The Balaban J connectivity index is 2.48. The zero-order chi connectivity index (χ0) is 8.39. The van der Waals surface area contributed by atoms with Crippen LogP contribution in [0.2, 0.25) is 0 Å². The second-order valence-corrected chi connectivity index (χ2v) is 2.62. The average molecular weight is 159 g/mol. The van der Waals surface area contributed by atoms with E-state index < -0.39 is 0 Å². The molecule has 3 heteroatoms. The zero-order valence-corrected chi connectivity index (χ0v) is 6.78. The molecule has 0 amide bonds. The summed E-state index contributed by atoms with van der Waals surface area (Å²) in [7, 11) is 0. The lowest BCUT2D eigenvalue weighted by Gasteiger charge is -1.96. The Labute approximate surface area is 70.5 Å². The summed E-state index contributed by atoms with van der Waals surface area (Å²) in [5.74, 6) is 0.889. The Morgan fingerprint density at radius 3 is 2.83 bits per heavy atom. The highest BCUT2D eigenvalue weighted by molar-refractivity contribution is 5.54. The number of imidazole rings is 1. The predicted molar refractivity (Wildman–Crippen MR) is 46.6 cm³/mol. The maximum absolute atomic E-state index is 4.14. The lowest BCUT2D eigenvalue weighted by Crippen LogP contribution is -1.83. The molecule has 0 aliphatic heterocycles. The monoisotopic (exact) mass is 159 g/mol. The van der Waals surface area contributed by atoms with Crippen molar-refractivity contribution in [2.45, 2.75) is 6.92 Å². The van der Waals surface area contributed by atoms with Crippen LogP contribution >= 0.6 is 0 Å². The van der Waals surface area contributed by atoms with Gasteiger partial charge in [0.2, 0.25) is 0 Å². The topological polar surface area (TPSA) is 41.6 Å². The van der Waals surface area contributed by atoms with Crippen molar-refractivity contribution in [1.29, 1.82) is 0 Å². The first kappa shape index (κ1) is 7.03. The minimum atomic E-state index is 0.889. The molecular weight excluding hydrogens is 150 g/mol. The number of rotatable bonds is 1. The normalized spacial score (nSPS) is 10.1. The Bertz CT molecular complexity index is 365. The Morgan fingerprint density at radius 2 is 2.17 bits per heavy atom. The summed E-state index contributed by atoms with van der Waals surface area (Å²) in [4.78, 5) is 11.3. The minimum absolute atomic E-state index is 0.889. The van der Waals surface area contributed by atoms with E-state index in [1.54, 1.807) is 12.4 Å². The number of hydrogen-bond acceptors (Lipinski definition) is 2. The van der Waals surface area contributed by atoms with Gasteiger partial charge in [0.25, 0.3) is 0 Å². The lowest BCUT2D eigenvalue weighted by atomic mass is 10.2. The van der Waals surface area contributed by atoms with Gasteiger partial charge in [0.05, 0.1) is 0 Å². The molecule has 0 radical (unpaired) electrons. The fourth-order valence-electron chi connectivity index (χ4n) is 1.12. The zero-order valence-electron chi connectivity index (χ0n) is 6.78. The fourth-order valence-corrected chi connectivity index (χ4v) is 1.12. The van der Waals surface area contributed by atoms with Crippen molar-refractivity contribution in [2.24, 2.45) is 0 Å². The lowest BCUT2D eigenvalue weighted by molar-refractivity contribution is 1.19. The number of nitrogens with zero attached hydrogens (tertiary/aromatic N) is 2. The van der Waals surface area contributed by atoms with Crippen LogP contribution in [-0.4, -0.2) is 15.0 Å². The summed E-state index contributed by atoms with van der Waals surface area (Å²) in [6, 6.07) is 3.94. The smallest absolute Gasteiger partial charge is 0.137 e. The van der Waals surface area contributed by atoms with E-state index in [2.05, 4.69) is 15.0 Å². The molecule has 2 heterocycles. The third kappa shape index (κ3) is 1.21. The van der Waals surface area contributed by atoms with Crippen LogP contribution in [0.15, 0.2) is 30.7 Å². The van der Waals surface area contributed by atoms with E-state index in [0.717, 1.165) is 17.1 Å². The standard InChI is InChI=1S/C9H9N3/c1-7-6-8(2-3-10-7)9-11-4-5-12-9/h2-6H,1H3,(H,11,12). The largest absolute Gasteiger partial charge is 0.345 e. The van der Waals surface area contributed by atoms with Crippen molar-refractivity contribution in [1.82, 2.24) is 15.0 Å². The van der Waals surface area contributed by atoms with E-state index in [0.29, 0.717) is 0 Å². The molecular formula is C9H9N3. The van der Waals surface area contributed by atoms with Gasteiger partial charge in [0, 0.05) is 29.8 Å². The van der Waals surface area contributed by atoms with Crippen molar-refractivity contribution in [3.05, 3.63) is 36.4 Å². The second kappa shape index (κ2) is 2.77. The van der Waals surface area contributed by atoms with E-state index in [4.69, 9.17) is 0 Å². The second-order valence-electron chi connectivity index (χ2n) is 2.62. The van der Waals surface area contributed by atoms with Crippen LogP contribution in [0, 0.1) is 6.92 Å². The molecule has 0 aliphatic rings. The van der Waals surface area contributed by atoms with Gasteiger partial charge in [-0.15, -0.1) is 0 Å². The quantitative estimate of drug-likeness (QED) is 0.689. The highest BCUT2D eigenvalue weighted by Crippen LogP contribution is 2.13. The van der Waals surface area contributed by atoms with Gasteiger partial charge in [-0.05, 0) is 19.1 Å². The highest BCUT2D eigenvalue weighted by Gasteiger charge is 1.98. The Kier molecular flexibility index (Phi) is 1.63. The maximum atomic E-state index is 4.14. The van der Waals surface area contributed by atoms with Crippen molar-refractivity contribution in [3.8, 4) is 11.4 Å². The number of aromatic amines is 1. The third-order valence-electron chi connectivity index (χ3n) is 1.67. The maximum Gasteiger partial charge on any atom is 0.137 e. The van der Waals surface area contributed by atoms with Gasteiger partial charge in [-0.1, -0.05) is 0 Å². The van der Waals surface area contributed by atoms with Crippen molar-refractivity contribution >= 4 is 0 Å². The van der Waals surface area contributed by atoms with Crippen LogP contribution in [0.3, 0.4) is 0 Å². The molecule has 3 nitrogen and oxygen atoms in total. The van der Waals surface area contributed by atoms with Crippen LogP contribution < -0.4 is 0 Å². The number of pyridine rings is 1. The summed E-state index contributed by atoms with van der Waals surface area (Å²) in [6.07, 6.45) is 5.34. The first-order valence-electron chi connectivity index (χ1n) is 3.78. The van der Waals surface area contributed by atoms with Gasteiger partial charge in [-0.3, -0.25) is 4.98 Å². The summed E-state index contributed by atoms with van der Waals surface area (Å²) >= 11 is 0. The molecule has 0 saturated carbocycles. The molecule has 0 bridgehead atoms. The molecule has 0 unspecified atom stereocenters. The van der Waals surface area contributed by atoms with Gasteiger partial charge >= 0.3 is 0 Å². The highest BCUT2D eigenvalue weighted by atomic mass is 14.9. The van der Waals surface area contributed by atoms with Crippen LogP contribution in [0.5, 0.6) is 0 Å². The molecule has 1 N–H and O–H groups in total. The van der Waals surface area contributed by atoms with E-state index in [9.17, 15) is 0 Å². The molecule has 2 aromatic heterocycles. The van der Waals surface area contributed by atoms with Gasteiger partial charge < -0.3 is 4.98 Å². The number of H-pyrrole nitrogens is 1. The van der Waals surface area contributed by atoms with Gasteiger partial charge in [0.1, 0.15) is 5.82 Å². The van der Waals surface area contributed by atoms with E-state index >= 15 is 0 Å². The van der Waals surface area contributed by atoms with E-state index in [1.165, 1.54) is 0 Å². The van der Waals surface area contributed by atoms with Gasteiger partial charge in [-0.2, -0.15) is 0 Å². The van der Waals surface area contributed by atoms with Crippen LogP contribution in [0.4, 0.5) is 0 Å². The summed E-state index contributed by atoms with van der Waals surface area (Å²) in [5, 5.41) is 0. The fraction of sp³-hybridized carbons (Fsp3) is 0.111. The molecule has 0 spiro atoms. The summed E-state index contributed by atoms with van der Waals surface area (Å²) in [5.41, 5.74) is 2.08. The van der Waals surface area contributed by atoms with E-state index in [1.807, 2.05) is 25.3 Å². The van der Waals surface area contributed by atoms with Crippen molar-refractivity contribution in [2.75, 3.05) is 0 Å². The molecule has 0 saturated heterocycles. The number of aromatic nitrogens is 3. The number of aryl methyl sites for hydroxylation is 1. The SMILES string of the molecule is Cc1cc(-c2ncc[nH]2)ccn1. The Hall–Kier alpha value is -1.64. The van der Waals surface area contributed by atoms with Crippen molar-refractivity contribution in [3.63, 3.8) is 0 Å². The van der Waals surface area contributed by atoms with Gasteiger partial charge in [-0.25, -0.2) is 4.98 Å². The molecule has 60 valence electrons. The van der Waals surface area contributed by atoms with Crippen LogP contribution in [0.1, 0.15) is 5.69 Å². The number of hydrogen-bond donors (Lipinski definition) is 1. The van der Waals surface area contributed by atoms with Crippen LogP contribution in [0.25, 0.3) is 11.4 Å². The third-order valence-corrected chi connectivity index (χ3v) is 1.67. The predicted octanol–water partition coefficient (Wildman–Crippen LogP) is 1.78. The van der Waals surface area contributed by atoms with Crippen molar-refractivity contribution < 1.29 is 0 Å².